The normalized spacial score (nSPS) is 25.4. The van der Waals surface area contributed by atoms with Crippen LogP contribution in [0.25, 0.3) is 0 Å². The van der Waals surface area contributed by atoms with E-state index in [9.17, 15) is 9.59 Å². The molecule has 3 aliphatic rings. The Balaban J connectivity index is 1.19. The van der Waals surface area contributed by atoms with Gasteiger partial charge in [-0.2, -0.15) is 0 Å². The Morgan fingerprint density at radius 2 is 1.64 bits per heavy atom. The van der Waals surface area contributed by atoms with Gasteiger partial charge in [0.25, 0.3) is 0 Å². The van der Waals surface area contributed by atoms with Crippen molar-refractivity contribution in [3.05, 3.63) is 30.3 Å². The van der Waals surface area contributed by atoms with Crippen molar-refractivity contribution < 1.29 is 14.3 Å². The third kappa shape index (κ3) is 4.66. The first kappa shape index (κ1) is 19.2. The maximum Gasteiger partial charge on any atom is 0.225 e. The van der Waals surface area contributed by atoms with Gasteiger partial charge in [-0.05, 0) is 44.2 Å². The van der Waals surface area contributed by atoms with Crippen LogP contribution in [0, 0.1) is 5.92 Å². The van der Waals surface area contributed by atoms with Gasteiger partial charge in [-0.1, -0.05) is 18.2 Å². The van der Waals surface area contributed by atoms with Crippen molar-refractivity contribution in [3.63, 3.8) is 0 Å². The molecule has 0 spiro atoms. The van der Waals surface area contributed by atoms with Crippen molar-refractivity contribution in [2.24, 2.45) is 5.92 Å². The largest absolute Gasteiger partial charge is 0.493 e. The lowest BCUT2D eigenvalue weighted by atomic mass is 9.94. The molecule has 152 valence electrons. The number of hydrogen-bond donors (Lipinski definition) is 1. The molecule has 0 radical (unpaired) electrons. The second-order valence-electron chi connectivity index (χ2n) is 8.28. The molecule has 2 bridgehead atoms. The fourth-order valence-corrected chi connectivity index (χ4v) is 4.71. The first-order valence-electron chi connectivity index (χ1n) is 10.7. The van der Waals surface area contributed by atoms with Crippen LogP contribution in [-0.2, 0) is 9.59 Å². The van der Waals surface area contributed by atoms with Crippen molar-refractivity contribution in [2.45, 2.75) is 50.6 Å². The van der Waals surface area contributed by atoms with Gasteiger partial charge in [0.2, 0.25) is 11.8 Å². The summed E-state index contributed by atoms with van der Waals surface area (Å²) in [5, 5.41) is 3.64. The van der Waals surface area contributed by atoms with Crippen LogP contribution in [0.3, 0.4) is 0 Å². The van der Waals surface area contributed by atoms with E-state index in [1.54, 1.807) is 0 Å². The monoisotopic (exact) mass is 385 g/mol. The van der Waals surface area contributed by atoms with Crippen LogP contribution in [0.1, 0.15) is 38.5 Å². The number of likely N-dealkylation sites (tertiary alicyclic amines) is 2. The Bertz CT molecular complexity index is 673. The van der Waals surface area contributed by atoms with E-state index in [2.05, 4.69) is 10.2 Å². The van der Waals surface area contributed by atoms with E-state index < -0.39 is 0 Å². The predicted octanol–water partition coefficient (Wildman–Crippen LogP) is 2.05. The van der Waals surface area contributed by atoms with Gasteiger partial charge in [0.05, 0.1) is 13.0 Å². The third-order valence-corrected chi connectivity index (χ3v) is 6.36. The highest BCUT2D eigenvalue weighted by Gasteiger charge is 2.35. The minimum atomic E-state index is 0.0706. The van der Waals surface area contributed by atoms with Crippen LogP contribution in [0.4, 0.5) is 0 Å². The van der Waals surface area contributed by atoms with Crippen LogP contribution in [-0.4, -0.2) is 66.5 Å². The number of nitrogens with one attached hydrogen (secondary N) is 1. The number of carbonyl (C=O) groups excluding carboxylic acids is 2. The maximum absolute atomic E-state index is 13.0. The highest BCUT2D eigenvalue weighted by Crippen LogP contribution is 2.25. The second kappa shape index (κ2) is 8.95. The lowest BCUT2D eigenvalue weighted by Crippen LogP contribution is -2.46. The Morgan fingerprint density at radius 1 is 0.929 bits per heavy atom. The maximum atomic E-state index is 13.0. The molecule has 0 aromatic heterocycles. The average molecular weight is 386 g/mol. The minimum absolute atomic E-state index is 0.0706. The Labute approximate surface area is 167 Å². The van der Waals surface area contributed by atoms with Gasteiger partial charge < -0.3 is 19.9 Å². The molecule has 1 aromatic rings. The van der Waals surface area contributed by atoms with Crippen molar-refractivity contribution in [1.29, 1.82) is 0 Å². The molecular weight excluding hydrogens is 354 g/mol. The number of hydrogen-bond acceptors (Lipinski definition) is 4. The van der Waals surface area contributed by atoms with Gasteiger partial charge in [0, 0.05) is 44.2 Å². The Hall–Kier alpha value is -2.08. The molecule has 3 aliphatic heterocycles. The highest BCUT2D eigenvalue weighted by molar-refractivity contribution is 5.80. The van der Waals surface area contributed by atoms with E-state index in [1.807, 2.05) is 35.2 Å². The summed E-state index contributed by atoms with van der Waals surface area (Å²) in [5.74, 6) is 1.29. The standard InChI is InChI=1S/C22H31N3O3/c26-21(11-15-28-20-4-2-1-3-5-20)24-12-8-17(9-13-24)22(27)25-14-10-18-6-7-19(16-25)23-18/h1-5,17-19,23H,6-16H2. The molecular formula is C22H31N3O3. The smallest absolute Gasteiger partial charge is 0.225 e. The van der Waals surface area contributed by atoms with Crippen LogP contribution in [0.5, 0.6) is 5.75 Å². The molecule has 3 heterocycles. The molecule has 3 fully saturated rings. The van der Waals surface area contributed by atoms with Gasteiger partial charge in [-0.3, -0.25) is 9.59 Å². The molecule has 2 unspecified atom stereocenters. The summed E-state index contributed by atoms with van der Waals surface area (Å²) in [6.07, 6.45) is 5.45. The summed E-state index contributed by atoms with van der Waals surface area (Å²) in [6, 6.07) is 10.6. The van der Waals surface area contributed by atoms with Crippen molar-refractivity contribution in [3.8, 4) is 5.75 Å². The van der Waals surface area contributed by atoms with Gasteiger partial charge in [0.1, 0.15) is 5.75 Å². The van der Waals surface area contributed by atoms with Crippen molar-refractivity contribution in [1.82, 2.24) is 15.1 Å². The Kier molecular flexibility index (Phi) is 6.15. The number of rotatable bonds is 5. The molecule has 1 aromatic carbocycles. The number of ether oxygens (including phenoxy) is 1. The predicted molar refractivity (Wildman–Crippen MR) is 107 cm³/mol. The molecule has 4 rings (SSSR count). The first-order chi connectivity index (χ1) is 13.7. The van der Waals surface area contributed by atoms with Crippen LogP contribution >= 0.6 is 0 Å². The molecule has 1 N–H and O–H groups in total. The number of piperidine rings is 1. The summed E-state index contributed by atoms with van der Waals surface area (Å²) in [7, 11) is 0. The number of benzene rings is 1. The average Bonchev–Trinajstić information content (AvgIpc) is 3.07. The van der Waals surface area contributed by atoms with E-state index >= 15 is 0 Å². The Morgan fingerprint density at radius 3 is 2.43 bits per heavy atom. The number of amides is 2. The van der Waals surface area contributed by atoms with Gasteiger partial charge in [-0.25, -0.2) is 0 Å². The molecule has 6 nitrogen and oxygen atoms in total. The summed E-state index contributed by atoms with van der Waals surface area (Å²) < 4.78 is 5.63. The molecule has 0 saturated carbocycles. The van der Waals surface area contributed by atoms with E-state index in [0.29, 0.717) is 44.1 Å². The quantitative estimate of drug-likeness (QED) is 0.843. The minimum Gasteiger partial charge on any atom is -0.493 e. The van der Waals surface area contributed by atoms with Gasteiger partial charge in [-0.15, -0.1) is 0 Å². The number of para-hydroxylation sites is 1. The molecule has 28 heavy (non-hydrogen) atoms. The molecule has 6 heteroatoms. The zero-order chi connectivity index (χ0) is 19.3. The number of nitrogens with zero attached hydrogens (tertiary/aromatic N) is 2. The molecule has 0 aliphatic carbocycles. The molecule has 2 atom stereocenters. The first-order valence-corrected chi connectivity index (χ1v) is 10.7. The van der Waals surface area contributed by atoms with Gasteiger partial charge in [0.15, 0.2) is 0 Å². The number of fused-ring (bicyclic) bond motifs is 2. The zero-order valence-electron chi connectivity index (χ0n) is 16.5. The van der Waals surface area contributed by atoms with Gasteiger partial charge >= 0.3 is 0 Å². The van der Waals surface area contributed by atoms with Crippen LogP contribution < -0.4 is 10.1 Å². The summed E-state index contributed by atoms with van der Waals surface area (Å²) in [5.41, 5.74) is 0. The fraction of sp³-hybridized carbons (Fsp3) is 0.636. The second-order valence-corrected chi connectivity index (χ2v) is 8.28. The topological polar surface area (TPSA) is 61.9 Å². The molecule has 3 saturated heterocycles. The van der Waals surface area contributed by atoms with E-state index in [4.69, 9.17) is 4.74 Å². The third-order valence-electron chi connectivity index (χ3n) is 6.36. The SMILES string of the molecule is O=C(CCOc1ccccc1)N1CCC(C(=O)N2CCC3CCC(C2)N3)CC1. The van der Waals surface area contributed by atoms with Crippen LogP contribution in [0.2, 0.25) is 0 Å². The van der Waals surface area contributed by atoms with Crippen molar-refractivity contribution >= 4 is 11.8 Å². The van der Waals surface area contributed by atoms with Crippen molar-refractivity contribution in [2.75, 3.05) is 32.8 Å². The van der Waals surface area contributed by atoms with E-state index in [1.165, 1.54) is 12.8 Å². The fourth-order valence-electron chi connectivity index (χ4n) is 4.71. The zero-order valence-corrected chi connectivity index (χ0v) is 16.5. The number of carbonyl (C=O) groups is 2. The van der Waals surface area contributed by atoms with E-state index in [-0.39, 0.29) is 11.8 Å². The molecule has 2 amide bonds. The van der Waals surface area contributed by atoms with E-state index in [0.717, 1.165) is 38.1 Å². The lowest BCUT2D eigenvalue weighted by Gasteiger charge is -2.34. The highest BCUT2D eigenvalue weighted by atomic mass is 16.5. The lowest BCUT2D eigenvalue weighted by molar-refractivity contribution is -0.141. The van der Waals surface area contributed by atoms with Crippen LogP contribution in [0.15, 0.2) is 30.3 Å². The summed E-state index contributed by atoms with van der Waals surface area (Å²) in [4.78, 5) is 29.4. The summed E-state index contributed by atoms with van der Waals surface area (Å²) >= 11 is 0. The summed E-state index contributed by atoms with van der Waals surface area (Å²) in [6.45, 7) is 3.48.